The lowest BCUT2D eigenvalue weighted by molar-refractivity contribution is -0.116. The summed E-state index contributed by atoms with van der Waals surface area (Å²) in [5.41, 5.74) is 5.39. The summed E-state index contributed by atoms with van der Waals surface area (Å²) in [5.74, 6) is 0.332. The lowest BCUT2D eigenvalue weighted by atomic mass is 9.86. The minimum absolute atomic E-state index is 0.369. The number of carbonyl (C=O) groups excluding carboxylic acids is 1. The van der Waals surface area contributed by atoms with Crippen molar-refractivity contribution in [3.63, 3.8) is 0 Å². The van der Waals surface area contributed by atoms with Gasteiger partial charge in [-0.05, 0) is 53.9 Å². The van der Waals surface area contributed by atoms with Gasteiger partial charge in [0.15, 0.2) is 6.04 Å². The summed E-state index contributed by atoms with van der Waals surface area (Å²) in [5, 5.41) is 6.54. The van der Waals surface area contributed by atoms with Crippen LogP contribution in [0.5, 0.6) is 5.75 Å². The topological polar surface area (TPSA) is 71.0 Å². The normalized spacial score (nSPS) is 18.6. The van der Waals surface area contributed by atoms with Gasteiger partial charge in [0.25, 0.3) is 5.91 Å². The number of benzene rings is 2. The first-order chi connectivity index (χ1) is 13.1. The highest BCUT2D eigenvalue weighted by molar-refractivity contribution is 6.31. The number of fused-ring (bicyclic) bond motifs is 3. The fourth-order valence-corrected chi connectivity index (χ4v) is 4.21. The molecule has 1 amide bonds. The van der Waals surface area contributed by atoms with Gasteiger partial charge >= 0.3 is 0 Å². The summed E-state index contributed by atoms with van der Waals surface area (Å²) in [7, 11) is 1.62. The lowest BCUT2D eigenvalue weighted by Crippen LogP contribution is -2.31. The van der Waals surface area contributed by atoms with Crippen LogP contribution in [0.15, 0.2) is 29.4 Å². The minimum Gasteiger partial charge on any atom is -0.496 e. The lowest BCUT2D eigenvalue weighted by Gasteiger charge is -2.31. The molecule has 27 heavy (non-hydrogen) atoms. The Morgan fingerprint density at radius 2 is 2.11 bits per heavy atom. The Balaban J connectivity index is 1.99. The van der Waals surface area contributed by atoms with E-state index in [-0.39, 0.29) is 5.91 Å². The van der Waals surface area contributed by atoms with Crippen LogP contribution in [-0.4, -0.2) is 31.0 Å². The molecule has 140 valence electrons. The summed E-state index contributed by atoms with van der Waals surface area (Å²) >= 11 is 6.25. The quantitative estimate of drug-likeness (QED) is 0.802. The molecule has 0 aliphatic carbocycles. The first-order valence-corrected chi connectivity index (χ1v) is 9.33. The van der Waals surface area contributed by atoms with Gasteiger partial charge in [-0.2, -0.15) is 0 Å². The molecule has 2 heterocycles. The minimum atomic E-state index is -1.02. The fraction of sp³-hybridized carbons (Fsp3) is 0.350. The van der Waals surface area contributed by atoms with Crippen molar-refractivity contribution >= 4 is 23.2 Å². The van der Waals surface area contributed by atoms with Crippen molar-refractivity contribution in [2.24, 2.45) is 5.18 Å². The maximum Gasteiger partial charge on any atom is 0.257 e. The van der Waals surface area contributed by atoms with E-state index in [0.29, 0.717) is 16.3 Å². The number of nitroso groups, excluding NO2 is 1. The van der Waals surface area contributed by atoms with E-state index < -0.39 is 6.04 Å². The second-order valence-corrected chi connectivity index (χ2v) is 7.24. The standard InChI is InChI=1S/C20H20ClN3O3/c1-3-24-7-6-12-13(14-8-11(21)4-5-17(14)27-2)9-15-18(16(12)10-24)22-20(25)19(15)23-26/h4-5,8-9,19H,3,6-7,10H2,1-2H3,(H,22,25). The van der Waals surface area contributed by atoms with E-state index >= 15 is 0 Å². The summed E-state index contributed by atoms with van der Waals surface area (Å²) in [4.78, 5) is 25.9. The number of ether oxygens (including phenoxy) is 1. The van der Waals surface area contributed by atoms with E-state index in [0.717, 1.165) is 54.0 Å². The Kier molecular flexibility index (Phi) is 4.61. The number of halogens is 1. The third-order valence-corrected chi connectivity index (χ3v) is 5.67. The molecular weight excluding hydrogens is 366 g/mol. The first-order valence-electron chi connectivity index (χ1n) is 8.95. The Hall–Kier alpha value is -2.44. The molecule has 7 heteroatoms. The zero-order valence-corrected chi connectivity index (χ0v) is 16.0. The van der Waals surface area contributed by atoms with Crippen LogP contribution in [0.2, 0.25) is 5.02 Å². The van der Waals surface area contributed by atoms with E-state index in [2.05, 4.69) is 22.3 Å². The number of amides is 1. The maximum atomic E-state index is 12.3. The van der Waals surface area contributed by atoms with Crippen LogP contribution in [0.1, 0.15) is 29.7 Å². The molecule has 0 saturated carbocycles. The van der Waals surface area contributed by atoms with Crippen LogP contribution in [0.25, 0.3) is 11.1 Å². The van der Waals surface area contributed by atoms with Gasteiger partial charge < -0.3 is 10.1 Å². The zero-order valence-electron chi connectivity index (χ0n) is 15.2. The van der Waals surface area contributed by atoms with E-state index in [1.807, 2.05) is 18.2 Å². The van der Waals surface area contributed by atoms with Crippen LogP contribution >= 0.6 is 11.6 Å². The number of rotatable bonds is 4. The van der Waals surface area contributed by atoms with Gasteiger partial charge in [0.2, 0.25) is 0 Å². The highest BCUT2D eigenvalue weighted by Gasteiger charge is 2.37. The van der Waals surface area contributed by atoms with E-state index in [4.69, 9.17) is 16.3 Å². The SMILES string of the molecule is CCN1CCc2c(-c3cc(Cl)ccc3OC)cc3c(c2C1)NC(=O)C3N=O. The molecule has 0 radical (unpaired) electrons. The summed E-state index contributed by atoms with van der Waals surface area (Å²) in [6, 6.07) is 6.35. The second-order valence-electron chi connectivity index (χ2n) is 6.81. The van der Waals surface area contributed by atoms with Gasteiger partial charge in [-0.15, -0.1) is 4.91 Å². The predicted molar refractivity (Wildman–Crippen MR) is 105 cm³/mol. The number of hydrogen-bond acceptors (Lipinski definition) is 5. The van der Waals surface area contributed by atoms with Crippen molar-refractivity contribution in [3.8, 4) is 16.9 Å². The van der Waals surface area contributed by atoms with Crippen molar-refractivity contribution in [1.82, 2.24) is 4.90 Å². The van der Waals surface area contributed by atoms with Gasteiger partial charge in [-0.25, -0.2) is 0 Å². The number of likely N-dealkylation sites (N-methyl/N-ethyl adjacent to an activating group) is 1. The fourth-order valence-electron chi connectivity index (χ4n) is 4.04. The monoisotopic (exact) mass is 385 g/mol. The number of anilines is 1. The number of nitrogens with zero attached hydrogens (tertiary/aromatic N) is 2. The van der Waals surface area contributed by atoms with Gasteiger partial charge in [0.05, 0.1) is 12.8 Å². The van der Waals surface area contributed by atoms with Crippen LogP contribution in [0.4, 0.5) is 5.69 Å². The van der Waals surface area contributed by atoms with Crippen molar-refractivity contribution in [2.45, 2.75) is 25.9 Å². The molecule has 4 rings (SSSR count). The van der Waals surface area contributed by atoms with Gasteiger partial charge in [-0.3, -0.25) is 9.69 Å². The highest BCUT2D eigenvalue weighted by Crippen LogP contribution is 2.46. The molecule has 1 atom stereocenters. The highest BCUT2D eigenvalue weighted by atomic mass is 35.5. The smallest absolute Gasteiger partial charge is 0.257 e. The molecule has 0 saturated heterocycles. The molecule has 2 aromatic rings. The predicted octanol–water partition coefficient (Wildman–Crippen LogP) is 4.15. The third kappa shape index (κ3) is 2.89. The molecule has 6 nitrogen and oxygen atoms in total. The zero-order chi connectivity index (χ0) is 19.1. The molecule has 2 aliphatic rings. The molecule has 2 aliphatic heterocycles. The number of carbonyl (C=O) groups is 1. The summed E-state index contributed by atoms with van der Waals surface area (Å²) in [6.45, 7) is 4.68. The molecular formula is C20H20ClN3O3. The Labute approximate surface area is 162 Å². The molecule has 0 fully saturated rings. The molecule has 0 bridgehead atoms. The van der Waals surface area contributed by atoms with E-state index in [1.165, 1.54) is 0 Å². The number of methoxy groups -OCH3 is 1. The first kappa shape index (κ1) is 17.9. The average molecular weight is 386 g/mol. The van der Waals surface area contributed by atoms with Gasteiger partial charge in [0.1, 0.15) is 5.75 Å². The van der Waals surface area contributed by atoms with E-state index in [9.17, 15) is 9.70 Å². The van der Waals surface area contributed by atoms with Crippen molar-refractivity contribution in [2.75, 3.05) is 25.5 Å². The molecule has 0 spiro atoms. The van der Waals surface area contributed by atoms with Crippen molar-refractivity contribution in [3.05, 3.63) is 50.9 Å². The largest absolute Gasteiger partial charge is 0.496 e. The van der Waals surface area contributed by atoms with E-state index in [1.54, 1.807) is 13.2 Å². The summed E-state index contributed by atoms with van der Waals surface area (Å²) in [6.07, 6.45) is 0.844. The maximum absolute atomic E-state index is 12.3. The average Bonchev–Trinajstić information content (AvgIpc) is 3.02. The number of nitrogens with one attached hydrogen (secondary N) is 1. The third-order valence-electron chi connectivity index (χ3n) is 5.43. The Morgan fingerprint density at radius 3 is 2.81 bits per heavy atom. The molecule has 1 N–H and O–H groups in total. The second kappa shape index (κ2) is 6.94. The molecule has 2 aromatic carbocycles. The molecule has 0 aromatic heterocycles. The van der Waals surface area contributed by atoms with Gasteiger partial charge in [0, 0.05) is 29.2 Å². The Morgan fingerprint density at radius 1 is 1.30 bits per heavy atom. The van der Waals surface area contributed by atoms with Crippen molar-refractivity contribution in [1.29, 1.82) is 0 Å². The Bertz CT molecular complexity index is 945. The summed E-state index contributed by atoms with van der Waals surface area (Å²) < 4.78 is 5.54. The molecule has 1 unspecified atom stereocenters. The van der Waals surface area contributed by atoms with Crippen LogP contribution in [0.3, 0.4) is 0 Å². The van der Waals surface area contributed by atoms with Crippen LogP contribution in [0, 0.1) is 4.91 Å². The van der Waals surface area contributed by atoms with Crippen LogP contribution in [-0.2, 0) is 17.8 Å². The van der Waals surface area contributed by atoms with Crippen molar-refractivity contribution < 1.29 is 9.53 Å². The number of hydrogen-bond donors (Lipinski definition) is 1. The van der Waals surface area contributed by atoms with Gasteiger partial charge in [-0.1, -0.05) is 23.7 Å². The van der Waals surface area contributed by atoms with Crippen LogP contribution < -0.4 is 10.1 Å².